The topological polar surface area (TPSA) is 139 Å². The van der Waals surface area contributed by atoms with Crippen LogP contribution in [-0.4, -0.2) is 40.5 Å². The number of amides is 2. The van der Waals surface area contributed by atoms with Crippen molar-refractivity contribution in [2.24, 2.45) is 5.73 Å². The fourth-order valence-corrected chi connectivity index (χ4v) is 2.58. The van der Waals surface area contributed by atoms with Crippen molar-refractivity contribution in [3.8, 4) is 0 Å². The van der Waals surface area contributed by atoms with Gasteiger partial charge in [-0.2, -0.15) is 12.6 Å². The van der Waals surface area contributed by atoms with Gasteiger partial charge in [0.25, 0.3) is 0 Å². The summed E-state index contributed by atoms with van der Waals surface area (Å²) in [6, 6.07) is 12.0. The summed E-state index contributed by atoms with van der Waals surface area (Å²) in [7, 11) is 0. The molecule has 2 aromatic rings. The molecule has 0 aliphatic carbocycles. The molecule has 0 bridgehead atoms. The Morgan fingerprint density at radius 3 is 2.31 bits per heavy atom. The average molecular weight is 415 g/mol. The number of carbonyl (C=O) groups excluding carboxylic acids is 3. The number of carboxylic acids is 1. The van der Waals surface area contributed by atoms with Gasteiger partial charge in [0.15, 0.2) is 5.78 Å². The molecular formula is C20H21N3O5S. The molecule has 2 rings (SSSR count). The van der Waals surface area contributed by atoms with E-state index < -0.39 is 23.8 Å². The summed E-state index contributed by atoms with van der Waals surface area (Å²) >= 11 is 3.98. The van der Waals surface area contributed by atoms with E-state index in [4.69, 9.17) is 10.8 Å². The molecule has 0 spiro atoms. The Bertz CT molecular complexity index is 918. The Morgan fingerprint density at radius 1 is 1.00 bits per heavy atom. The monoisotopic (exact) mass is 415 g/mol. The lowest BCUT2D eigenvalue weighted by Crippen LogP contribution is -2.37. The summed E-state index contributed by atoms with van der Waals surface area (Å²) in [4.78, 5) is 47.7. The Balaban J connectivity index is 2.34. The van der Waals surface area contributed by atoms with Crippen molar-refractivity contribution >= 4 is 47.6 Å². The lowest BCUT2D eigenvalue weighted by molar-refractivity contribution is -0.138. The van der Waals surface area contributed by atoms with E-state index in [9.17, 15) is 19.2 Å². The molecular weight excluding hydrogens is 394 g/mol. The van der Waals surface area contributed by atoms with Crippen molar-refractivity contribution in [2.45, 2.75) is 18.9 Å². The van der Waals surface area contributed by atoms with E-state index in [1.165, 1.54) is 18.2 Å². The molecule has 2 aromatic carbocycles. The highest BCUT2D eigenvalue weighted by molar-refractivity contribution is 7.80. The molecule has 9 heteroatoms. The first kappa shape index (κ1) is 22.1. The van der Waals surface area contributed by atoms with Gasteiger partial charge >= 0.3 is 5.97 Å². The maximum Gasteiger partial charge on any atom is 0.303 e. The normalized spacial score (nSPS) is 11.4. The van der Waals surface area contributed by atoms with Crippen molar-refractivity contribution in [3.05, 3.63) is 59.7 Å². The molecule has 29 heavy (non-hydrogen) atoms. The molecule has 152 valence electrons. The molecule has 0 fully saturated rings. The van der Waals surface area contributed by atoms with E-state index in [1.54, 1.807) is 30.3 Å². The van der Waals surface area contributed by atoms with Crippen LogP contribution in [0.4, 0.5) is 11.4 Å². The standard InChI is InChI=1S/C20H21N3O5S/c21-15(11-29)20(28)22-13-6-7-16(23-17(24)8-9-18(25)26)14(10-13)19(27)12-4-2-1-3-5-12/h1-7,10,15,29H,8-9,11,21H2,(H,22,28)(H,23,24)(H,25,26)/t15-/m0/s1. The van der Waals surface area contributed by atoms with Gasteiger partial charge in [0.2, 0.25) is 11.8 Å². The highest BCUT2D eigenvalue weighted by atomic mass is 32.1. The molecule has 5 N–H and O–H groups in total. The zero-order valence-electron chi connectivity index (χ0n) is 15.4. The third kappa shape index (κ3) is 6.44. The van der Waals surface area contributed by atoms with E-state index in [1.807, 2.05) is 0 Å². The van der Waals surface area contributed by atoms with Gasteiger partial charge < -0.3 is 21.5 Å². The number of hydrogen-bond donors (Lipinski definition) is 5. The summed E-state index contributed by atoms with van der Waals surface area (Å²) < 4.78 is 0. The second-order valence-corrected chi connectivity index (χ2v) is 6.54. The number of nitrogens with two attached hydrogens (primary N) is 1. The van der Waals surface area contributed by atoms with Crippen molar-refractivity contribution in [3.63, 3.8) is 0 Å². The van der Waals surface area contributed by atoms with Crippen molar-refractivity contribution in [1.29, 1.82) is 0 Å². The van der Waals surface area contributed by atoms with Crippen LogP contribution in [0, 0.1) is 0 Å². The molecule has 0 saturated heterocycles. The van der Waals surface area contributed by atoms with E-state index in [0.29, 0.717) is 11.3 Å². The number of thiol groups is 1. The van der Waals surface area contributed by atoms with Gasteiger partial charge in [-0.05, 0) is 18.2 Å². The van der Waals surface area contributed by atoms with Crippen LogP contribution in [0.2, 0.25) is 0 Å². The number of carbonyl (C=O) groups is 4. The summed E-state index contributed by atoms with van der Waals surface area (Å²) in [5.41, 5.74) is 6.73. The van der Waals surface area contributed by atoms with Gasteiger partial charge in [0.05, 0.1) is 18.2 Å². The maximum absolute atomic E-state index is 12.9. The van der Waals surface area contributed by atoms with Gasteiger partial charge in [-0.1, -0.05) is 30.3 Å². The van der Waals surface area contributed by atoms with Gasteiger partial charge in [-0.3, -0.25) is 19.2 Å². The Morgan fingerprint density at radius 2 is 1.69 bits per heavy atom. The zero-order valence-corrected chi connectivity index (χ0v) is 16.3. The zero-order chi connectivity index (χ0) is 21.4. The van der Waals surface area contributed by atoms with Gasteiger partial charge in [-0.15, -0.1) is 0 Å². The first-order chi connectivity index (χ1) is 13.8. The first-order valence-electron chi connectivity index (χ1n) is 8.74. The van der Waals surface area contributed by atoms with E-state index in [0.717, 1.165) is 0 Å². The number of rotatable bonds is 9. The summed E-state index contributed by atoms with van der Waals surface area (Å²) in [6.45, 7) is 0. The van der Waals surface area contributed by atoms with E-state index in [-0.39, 0.29) is 35.6 Å². The highest BCUT2D eigenvalue weighted by Gasteiger charge is 2.18. The van der Waals surface area contributed by atoms with Crippen LogP contribution < -0.4 is 16.4 Å². The first-order valence-corrected chi connectivity index (χ1v) is 9.37. The fourth-order valence-electron chi connectivity index (χ4n) is 2.41. The summed E-state index contributed by atoms with van der Waals surface area (Å²) in [6.07, 6.45) is -0.562. The third-order valence-electron chi connectivity index (χ3n) is 3.94. The second-order valence-electron chi connectivity index (χ2n) is 6.18. The Hall–Kier alpha value is -3.17. The van der Waals surface area contributed by atoms with Crippen molar-refractivity contribution in [1.82, 2.24) is 0 Å². The predicted octanol–water partition coefficient (Wildman–Crippen LogP) is 1.92. The van der Waals surface area contributed by atoms with Crippen LogP contribution in [0.3, 0.4) is 0 Å². The Labute approximate surface area is 172 Å². The number of carboxylic acid groups (broad SMARTS) is 1. The molecule has 0 aliphatic rings. The van der Waals surface area contributed by atoms with Crippen LogP contribution in [0.1, 0.15) is 28.8 Å². The van der Waals surface area contributed by atoms with Crippen LogP contribution in [0.15, 0.2) is 48.5 Å². The summed E-state index contributed by atoms with van der Waals surface area (Å²) in [5.74, 6) is -2.31. The van der Waals surface area contributed by atoms with Crippen LogP contribution in [0.25, 0.3) is 0 Å². The van der Waals surface area contributed by atoms with Gasteiger partial charge in [0.1, 0.15) is 0 Å². The lowest BCUT2D eigenvalue weighted by atomic mass is 10.0. The fraction of sp³-hybridized carbons (Fsp3) is 0.200. The quantitative estimate of drug-likeness (QED) is 0.313. The van der Waals surface area contributed by atoms with E-state index in [2.05, 4.69) is 23.3 Å². The molecule has 0 aromatic heterocycles. The minimum atomic E-state index is -1.10. The van der Waals surface area contributed by atoms with Crippen molar-refractivity contribution < 1.29 is 24.3 Å². The van der Waals surface area contributed by atoms with Crippen LogP contribution >= 0.6 is 12.6 Å². The second kappa shape index (κ2) is 10.4. The minimum Gasteiger partial charge on any atom is -0.481 e. The number of hydrogen-bond acceptors (Lipinski definition) is 6. The number of benzene rings is 2. The van der Waals surface area contributed by atoms with Crippen molar-refractivity contribution in [2.75, 3.05) is 16.4 Å². The van der Waals surface area contributed by atoms with Crippen LogP contribution in [-0.2, 0) is 14.4 Å². The molecule has 0 aliphatic heterocycles. The largest absolute Gasteiger partial charge is 0.481 e. The van der Waals surface area contributed by atoms with Gasteiger partial charge in [0, 0.05) is 29.0 Å². The molecule has 8 nitrogen and oxygen atoms in total. The molecule has 0 radical (unpaired) electrons. The Kier molecular flexibility index (Phi) is 7.93. The molecule has 2 amide bonds. The molecule has 0 saturated carbocycles. The molecule has 1 atom stereocenters. The van der Waals surface area contributed by atoms with E-state index >= 15 is 0 Å². The predicted molar refractivity (Wildman–Crippen MR) is 112 cm³/mol. The summed E-state index contributed by atoms with van der Waals surface area (Å²) in [5, 5.41) is 13.9. The number of anilines is 2. The lowest BCUT2D eigenvalue weighted by Gasteiger charge is -2.14. The highest BCUT2D eigenvalue weighted by Crippen LogP contribution is 2.24. The molecule has 0 heterocycles. The van der Waals surface area contributed by atoms with Gasteiger partial charge in [-0.25, -0.2) is 0 Å². The third-order valence-corrected chi connectivity index (χ3v) is 4.33. The maximum atomic E-state index is 12.9. The average Bonchev–Trinajstić information content (AvgIpc) is 2.72. The SMILES string of the molecule is N[C@@H](CS)C(=O)Nc1ccc(NC(=O)CCC(=O)O)c(C(=O)c2ccccc2)c1. The minimum absolute atomic E-state index is 0.150. The number of ketones is 1. The van der Waals surface area contributed by atoms with Crippen LogP contribution in [0.5, 0.6) is 0 Å². The number of aliphatic carboxylic acids is 1. The smallest absolute Gasteiger partial charge is 0.303 e. The molecule has 0 unspecified atom stereocenters. The number of nitrogens with one attached hydrogen (secondary N) is 2.